The molecule has 3 rings (SSSR count). The Balaban J connectivity index is 0.000000338. The Bertz CT molecular complexity index is 834. The van der Waals surface area contributed by atoms with Gasteiger partial charge in [0.15, 0.2) is 0 Å². The summed E-state index contributed by atoms with van der Waals surface area (Å²) in [5, 5.41) is 2.16. The second-order valence-electron chi connectivity index (χ2n) is 4.70. The van der Waals surface area contributed by atoms with Gasteiger partial charge >= 0.3 is 0 Å². The highest BCUT2D eigenvalue weighted by Crippen LogP contribution is 2.10. The molecule has 0 spiro atoms. The summed E-state index contributed by atoms with van der Waals surface area (Å²) in [6.07, 6.45) is 1.71. The van der Waals surface area contributed by atoms with Crippen molar-refractivity contribution in [3.8, 4) is 0 Å². The minimum atomic E-state index is -4.94. The number of halogens is 1. The number of rotatable bonds is 1. The molecule has 120 valence electrons. The van der Waals surface area contributed by atoms with E-state index >= 15 is 0 Å². The van der Waals surface area contributed by atoms with Gasteiger partial charge < -0.3 is 4.42 Å². The minimum absolute atomic E-state index is 0.890. The van der Waals surface area contributed by atoms with Gasteiger partial charge in [0, 0.05) is 18.2 Å². The second kappa shape index (κ2) is 7.36. The molecule has 0 saturated heterocycles. The smallest absolute Gasteiger partial charge is 0.218 e. The Hall–Kier alpha value is -2.22. The van der Waals surface area contributed by atoms with Crippen molar-refractivity contribution in [1.82, 2.24) is 0 Å². The molecule has 0 amide bonds. The summed E-state index contributed by atoms with van der Waals surface area (Å²) in [5.74, 6) is 0. The van der Waals surface area contributed by atoms with Gasteiger partial charge in [-0.1, -0.05) is 29.8 Å². The number of para-hydroxylation sites is 1. The first-order chi connectivity index (χ1) is 10.8. The quantitative estimate of drug-likeness (QED) is 0.519. The van der Waals surface area contributed by atoms with Crippen LogP contribution in [0.4, 0.5) is 5.69 Å². The lowest BCUT2D eigenvalue weighted by molar-refractivity contribution is -2.00. The topological polar surface area (TPSA) is 119 Å². The second-order valence-corrected chi connectivity index (χ2v) is 5.46. The van der Waals surface area contributed by atoms with E-state index in [1.54, 1.807) is 6.26 Å². The molecule has 2 aromatic carbocycles. The molecular weight excluding hydrogens is 322 g/mol. The van der Waals surface area contributed by atoms with Crippen molar-refractivity contribution in [2.45, 2.75) is 6.92 Å². The van der Waals surface area contributed by atoms with Crippen molar-refractivity contribution in [1.29, 1.82) is 0 Å². The van der Waals surface area contributed by atoms with E-state index in [9.17, 15) is 0 Å². The summed E-state index contributed by atoms with van der Waals surface area (Å²) in [5.41, 5.74) is 3.19. The first-order valence-electron chi connectivity index (χ1n) is 6.58. The van der Waals surface area contributed by atoms with Crippen molar-refractivity contribution in [2.75, 3.05) is 0 Å². The van der Waals surface area contributed by atoms with Crippen LogP contribution < -0.4 is 29.0 Å². The van der Waals surface area contributed by atoms with Crippen molar-refractivity contribution < 1.29 is 38.3 Å². The molecule has 0 atom stereocenters. The molecule has 1 N–H and O–H groups in total. The summed E-state index contributed by atoms with van der Waals surface area (Å²) in [4.78, 5) is 3.41. The summed E-state index contributed by atoms with van der Waals surface area (Å²) >= 11 is 0. The van der Waals surface area contributed by atoms with Crippen LogP contribution in [0.3, 0.4) is 0 Å². The Kier molecular flexibility index (Phi) is 5.49. The Labute approximate surface area is 134 Å². The zero-order chi connectivity index (χ0) is 16.9. The van der Waals surface area contributed by atoms with E-state index in [1.807, 2.05) is 42.5 Å². The summed E-state index contributed by atoms with van der Waals surface area (Å²) < 4.78 is 39.5. The van der Waals surface area contributed by atoms with Gasteiger partial charge in [-0.2, -0.15) is 0 Å². The summed E-state index contributed by atoms with van der Waals surface area (Å²) in [7, 11) is -4.94. The van der Waals surface area contributed by atoms with Gasteiger partial charge in [-0.25, -0.2) is 23.6 Å². The van der Waals surface area contributed by atoms with Gasteiger partial charge in [-0.05, 0) is 19.1 Å². The maximum absolute atomic E-state index is 8.49. The number of aryl methyl sites for hydroxylation is 1. The Morgan fingerprint density at radius 2 is 1.57 bits per heavy atom. The van der Waals surface area contributed by atoms with Crippen molar-refractivity contribution in [2.24, 2.45) is 0 Å². The number of hydrogen-bond donors (Lipinski definition) is 1. The molecule has 0 aliphatic heterocycles. The van der Waals surface area contributed by atoms with E-state index in [0.717, 1.165) is 22.0 Å². The minimum Gasteiger partial charge on any atom is -0.464 e. The third-order valence-corrected chi connectivity index (χ3v) is 2.91. The molecule has 1 aromatic heterocycles. The van der Waals surface area contributed by atoms with Crippen LogP contribution in [0.5, 0.6) is 0 Å². The molecule has 7 heteroatoms. The average Bonchev–Trinajstić information content (AvgIpc) is 2.47. The molecule has 0 radical (unpaired) electrons. The van der Waals surface area contributed by atoms with E-state index in [4.69, 9.17) is 23.1 Å². The molecule has 1 heterocycles. The highest BCUT2D eigenvalue weighted by atomic mass is 35.7. The molecule has 0 unspecified atom stereocenters. The Morgan fingerprint density at radius 3 is 2.22 bits per heavy atom. The molecule has 6 nitrogen and oxygen atoms in total. The maximum Gasteiger partial charge on any atom is 0.218 e. The number of benzene rings is 2. The van der Waals surface area contributed by atoms with Gasteiger partial charge in [0.25, 0.3) is 0 Å². The maximum atomic E-state index is 8.49. The SMILES string of the molecule is Cc1ccc2occc(=[NH+]c3ccccc3)c2c1.[O-][Cl+3]([O-])([O-])[O-]. The fraction of sp³-hybridized carbons (Fsp3) is 0.0625. The van der Waals surface area contributed by atoms with Crippen LogP contribution in [-0.2, 0) is 0 Å². The zero-order valence-corrected chi connectivity index (χ0v) is 12.9. The summed E-state index contributed by atoms with van der Waals surface area (Å²) in [6.45, 7) is 2.08. The first kappa shape index (κ1) is 17.1. The van der Waals surface area contributed by atoms with Gasteiger partial charge in [-0.3, -0.25) is 0 Å². The molecule has 0 aliphatic rings. The van der Waals surface area contributed by atoms with Crippen LogP contribution in [0, 0.1) is 17.2 Å². The molecule has 3 aromatic rings. The lowest BCUT2D eigenvalue weighted by atomic mass is 10.1. The highest BCUT2D eigenvalue weighted by molar-refractivity contribution is 5.76. The van der Waals surface area contributed by atoms with Crippen molar-refractivity contribution in [3.63, 3.8) is 0 Å². The van der Waals surface area contributed by atoms with Crippen LogP contribution in [0.2, 0.25) is 0 Å². The highest BCUT2D eigenvalue weighted by Gasteiger charge is 2.03. The largest absolute Gasteiger partial charge is 0.464 e. The van der Waals surface area contributed by atoms with Crippen LogP contribution in [0.1, 0.15) is 5.56 Å². The number of nitrogens with one attached hydrogen (secondary N) is 1. The third-order valence-electron chi connectivity index (χ3n) is 2.91. The lowest BCUT2D eigenvalue weighted by Crippen LogP contribution is -2.70. The fourth-order valence-electron chi connectivity index (χ4n) is 2.01. The van der Waals surface area contributed by atoms with E-state index in [1.165, 1.54) is 5.56 Å². The molecule has 0 fully saturated rings. The van der Waals surface area contributed by atoms with Gasteiger partial charge in [0.2, 0.25) is 11.0 Å². The Morgan fingerprint density at radius 1 is 0.913 bits per heavy atom. The first-order valence-corrected chi connectivity index (χ1v) is 7.81. The normalized spacial score (nSPS) is 12.0. The zero-order valence-electron chi connectivity index (χ0n) is 12.2. The predicted molar refractivity (Wildman–Crippen MR) is 71.2 cm³/mol. The molecular formula is C16H14ClNO5. The number of fused-ring (bicyclic) bond motifs is 1. The summed E-state index contributed by atoms with van der Waals surface area (Å²) in [6, 6.07) is 18.3. The third kappa shape index (κ3) is 5.82. The van der Waals surface area contributed by atoms with Gasteiger partial charge in [-0.15, -0.1) is 10.2 Å². The molecule has 0 saturated carbocycles. The molecule has 0 aliphatic carbocycles. The number of hydrogen-bond acceptors (Lipinski definition) is 5. The molecule has 23 heavy (non-hydrogen) atoms. The van der Waals surface area contributed by atoms with E-state index in [0.29, 0.717) is 0 Å². The fourth-order valence-corrected chi connectivity index (χ4v) is 2.01. The van der Waals surface area contributed by atoms with Crippen molar-refractivity contribution in [3.05, 3.63) is 71.8 Å². The van der Waals surface area contributed by atoms with Crippen LogP contribution in [-0.4, -0.2) is 0 Å². The van der Waals surface area contributed by atoms with Crippen LogP contribution in [0.15, 0.2) is 65.3 Å². The van der Waals surface area contributed by atoms with Gasteiger partial charge in [0.1, 0.15) is 5.58 Å². The van der Waals surface area contributed by atoms with E-state index < -0.39 is 10.2 Å². The van der Waals surface area contributed by atoms with Crippen LogP contribution in [0.25, 0.3) is 11.0 Å². The predicted octanol–water partition coefficient (Wildman–Crippen LogP) is -2.70. The van der Waals surface area contributed by atoms with Crippen molar-refractivity contribution >= 4 is 16.7 Å². The molecule has 0 bridgehead atoms. The van der Waals surface area contributed by atoms with Crippen LogP contribution >= 0.6 is 0 Å². The average molecular weight is 336 g/mol. The van der Waals surface area contributed by atoms with E-state index in [2.05, 4.69) is 24.0 Å². The monoisotopic (exact) mass is 335 g/mol. The van der Waals surface area contributed by atoms with Gasteiger partial charge in [0.05, 0.1) is 11.6 Å². The van der Waals surface area contributed by atoms with E-state index in [-0.39, 0.29) is 0 Å². The standard InChI is InChI=1S/C16H13NO.ClHO4/c1-12-7-8-16-14(11-12)15(9-10-18-16)17-13-5-3-2-4-6-13;2-1(3,4)5/h2-11H,1H3;(H,2,3,4,5). The lowest BCUT2D eigenvalue weighted by Gasteiger charge is -2.17.